The summed E-state index contributed by atoms with van der Waals surface area (Å²) in [6.45, 7) is 1.49. The number of carbonyl (C=O) groups is 5. The minimum atomic E-state index is -1.21. The average molecular weight is 613 g/mol. The number of hydrogen-bond acceptors (Lipinski definition) is 11. The van der Waals surface area contributed by atoms with E-state index in [2.05, 4.69) is 5.32 Å². The molecule has 2 aliphatic heterocycles. The third-order valence-electron chi connectivity index (χ3n) is 6.81. The number of imide groups is 3. The van der Waals surface area contributed by atoms with E-state index in [1.807, 2.05) is 0 Å². The molecule has 218 valence electrons. The predicted octanol–water partition coefficient (Wildman–Crippen LogP) is 2.11. The number of rotatable bonds is 7. The highest BCUT2D eigenvalue weighted by atomic mass is 32.2. The second kappa shape index (κ2) is 11.3. The Labute approximate surface area is 246 Å². The fraction of sp³-hybridized carbons (Fsp3) is 0.259. The van der Waals surface area contributed by atoms with E-state index in [9.17, 15) is 33.9 Å². The molecule has 3 aromatic rings. The first-order valence-corrected chi connectivity index (χ1v) is 14.3. The second-order valence-electron chi connectivity index (χ2n) is 9.29. The van der Waals surface area contributed by atoms with Crippen LogP contribution in [-0.2, 0) is 25.7 Å². The molecule has 42 heavy (non-hydrogen) atoms. The van der Waals surface area contributed by atoms with Crippen molar-refractivity contribution in [1.29, 1.82) is 0 Å². The van der Waals surface area contributed by atoms with Gasteiger partial charge in [-0.15, -0.1) is 0 Å². The number of amides is 5. The van der Waals surface area contributed by atoms with Crippen LogP contribution in [0.5, 0.6) is 11.5 Å². The van der Waals surface area contributed by atoms with Crippen molar-refractivity contribution >= 4 is 58.5 Å². The number of nitrogens with two attached hydrogens (primary N) is 1. The molecule has 0 saturated carbocycles. The zero-order valence-electron chi connectivity index (χ0n) is 22.2. The number of thiazole rings is 1. The molecule has 4 N–H and O–H groups in total. The molecule has 3 atom stereocenters. The summed E-state index contributed by atoms with van der Waals surface area (Å²) in [7, 11) is 1.35. The van der Waals surface area contributed by atoms with Gasteiger partial charge in [-0.25, -0.2) is 9.59 Å². The number of urea groups is 1. The van der Waals surface area contributed by atoms with Crippen molar-refractivity contribution in [3.05, 3.63) is 68.1 Å². The van der Waals surface area contributed by atoms with E-state index >= 15 is 0 Å². The average Bonchev–Trinajstić information content (AvgIpc) is 3.40. The molecule has 1 saturated heterocycles. The number of thioether (sulfide) groups is 1. The molecular formula is C27H24N4O9S2. The molecule has 3 heterocycles. The number of benzene rings is 2. The zero-order chi connectivity index (χ0) is 30.3. The number of carbonyl (C=O) groups excluding carboxylic acids is 5. The smallest absolute Gasteiger partial charge is 0.338 e. The quantitative estimate of drug-likeness (QED) is 0.263. The van der Waals surface area contributed by atoms with Crippen LogP contribution in [0.2, 0.25) is 0 Å². The van der Waals surface area contributed by atoms with E-state index in [4.69, 9.17) is 15.2 Å². The van der Waals surface area contributed by atoms with Gasteiger partial charge in [-0.3, -0.25) is 23.7 Å². The number of fused-ring (bicyclic) bond motifs is 2. The third kappa shape index (κ3) is 5.00. The second-order valence-corrected chi connectivity index (χ2v) is 11.4. The lowest BCUT2D eigenvalue weighted by atomic mass is 9.83. The minimum Gasteiger partial charge on any atom is -0.504 e. The van der Waals surface area contributed by atoms with Crippen LogP contribution in [0.4, 0.5) is 10.5 Å². The summed E-state index contributed by atoms with van der Waals surface area (Å²) in [4.78, 5) is 76.9. The molecule has 0 radical (unpaired) electrons. The Morgan fingerprint density at radius 3 is 2.43 bits per heavy atom. The van der Waals surface area contributed by atoms with Gasteiger partial charge in [0.15, 0.2) is 11.5 Å². The number of ether oxygens (including phenoxy) is 2. The summed E-state index contributed by atoms with van der Waals surface area (Å²) in [5.41, 5.74) is 6.48. The Balaban J connectivity index is 1.50. The number of nitrogens with zero attached hydrogens (tertiary/aromatic N) is 2. The van der Waals surface area contributed by atoms with Gasteiger partial charge in [0.25, 0.3) is 5.91 Å². The van der Waals surface area contributed by atoms with Gasteiger partial charge in [0, 0.05) is 16.5 Å². The van der Waals surface area contributed by atoms with Gasteiger partial charge in [0.2, 0.25) is 11.8 Å². The molecule has 15 heteroatoms. The number of nitrogens with one attached hydrogen (secondary N) is 1. The third-order valence-corrected chi connectivity index (χ3v) is 9.42. The molecule has 2 unspecified atom stereocenters. The van der Waals surface area contributed by atoms with E-state index in [1.54, 1.807) is 6.92 Å². The van der Waals surface area contributed by atoms with Gasteiger partial charge < -0.3 is 25.6 Å². The van der Waals surface area contributed by atoms with Gasteiger partial charge >= 0.3 is 16.9 Å². The highest BCUT2D eigenvalue weighted by molar-refractivity contribution is 8.00. The number of aromatic nitrogens is 1. The van der Waals surface area contributed by atoms with Crippen molar-refractivity contribution in [3.8, 4) is 11.5 Å². The number of phenols is 1. The Morgan fingerprint density at radius 1 is 1.07 bits per heavy atom. The molecule has 1 aromatic heterocycles. The number of phenolic OH excluding ortho intramolecular Hbond substituents is 1. The van der Waals surface area contributed by atoms with Crippen molar-refractivity contribution in [2.24, 2.45) is 11.7 Å². The van der Waals surface area contributed by atoms with Crippen LogP contribution in [0.1, 0.15) is 33.6 Å². The molecule has 0 spiro atoms. The molecule has 2 aliphatic rings. The number of hydrogen-bond donors (Lipinski definition) is 3. The largest absolute Gasteiger partial charge is 0.504 e. The van der Waals surface area contributed by atoms with Crippen LogP contribution in [-0.4, -0.2) is 63.3 Å². The Morgan fingerprint density at radius 2 is 1.79 bits per heavy atom. The summed E-state index contributed by atoms with van der Waals surface area (Å²) in [5.74, 6) is -4.68. The SMILES string of the molecule is CCOC(=O)c1ccc(NC(=O)Cn2c3c(sc2=O)[C@@H](c2ccc(O)c(OC)c2)C2C(=O)N(C(N)=O)C(=O)C2S3)cc1. The first-order chi connectivity index (χ1) is 20.0. The van der Waals surface area contributed by atoms with E-state index < -0.39 is 58.2 Å². The maximum Gasteiger partial charge on any atom is 0.338 e. The molecule has 2 aromatic carbocycles. The van der Waals surface area contributed by atoms with Crippen molar-refractivity contribution in [3.63, 3.8) is 0 Å². The van der Waals surface area contributed by atoms with Crippen LogP contribution < -0.4 is 20.7 Å². The normalized spacial score (nSPS) is 19.2. The molecule has 0 aliphatic carbocycles. The number of likely N-dealkylation sites (tertiary alicyclic amines) is 1. The maximum absolute atomic E-state index is 13.3. The Bertz CT molecular complexity index is 1680. The number of aromatic hydroxyl groups is 1. The van der Waals surface area contributed by atoms with Crippen LogP contribution >= 0.6 is 23.1 Å². The van der Waals surface area contributed by atoms with Crippen LogP contribution in [0.3, 0.4) is 0 Å². The zero-order valence-corrected chi connectivity index (χ0v) is 23.8. The monoisotopic (exact) mass is 612 g/mol. The highest BCUT2D eigenvalue weighted by Crippen LogP contribution is 2.53. The standard InChI is InChI=1S/C27H24N4O9S2/c1-3-40-25(36)12-4-7-14(8-5-12)29-17(33)11-30-24-21(42-27(30)38)18(13-6-9-15(32)16(10-13)39-2)19-20(41-24)23(35)31(22(19)34)26(28)37/h4-10,18-20,32H,3,11H2,1-2H3,(H2,28,37)(H,29,33)/t18-,19?,20?/m0/s1. The van der Waals surface area contributed by atoms with Gasteiger partial charge in [-0.1, -0.05) is 29.2 Å². The predicted molar refractivity (Wildman–Crippen MR) is 151 cm³/mol. The first-order valence-electron chi connectivity index (χ1n) is 12.6. The highest BCUT2D eigenvalue weighted by Gasteiger charge is 2.58. The van der Waals surface area contributed by atoms with Crippen molar-refractivity contribution < 1.29 is 38.6 Å². The van der Waals surface area contributed by atoms with E-state index in [0.717, 1.165) is 23.1 Å². The molecule has 0 bridgehead atoms. The molecular weight excluding hydrogens is 588 g/mol. The van der Waals surface area contributed by atoms with Crippen molar-refractivity contribution in [1.82, 2.24) is 9.47 Å². The van der Waals surface area contributed by atoms with Gasteiger partial charge in [-0.05, 0) is 48.9 Å². The molecule has 5 amide bonds. The minimum absolute atomic E-state index is 0.104. The number of anilines is 1. The Kier molecular flexibility index (Phi) is 7.79. The summed E-state index contributed by atoms with van der Waals surface area (Å²) in [6.07, 6.45) is 0. The lowest BCUT2D eigenvalue weighted by Crippen LogP contribution is -2.41. The van der Waals surface area contributed by atoms with Gasteiger partial charge in [-0.2, -0.15) is 4.90 Å². The van der Waals surface area contributed by atoms with Crippen LogP contribution in [0.15, 0.2) is 52.3 Å². The van der Waals surface area contributed by atoms with E-state index in [-0.39, 0.29) is 18.1 Å². The fourth-order valence-corrected chi connectivity index (χ4v) is 7.74. The summed E-state index contributed by atoms with van der Waals surface area (Å²) in [6, 6.07) is 9.19. The first kappa shape index (κ1) is 28.9. The Hall–Kier alpha value is -4.63. The van der Waals surface area contributed by atoms with E-state index in [1.165, 1.54) is 54.1 Å². The topological polar surface area (TPSA) is 187 Å². The summed E-state index contributed by atoms with van der Waals surface area (Å²) < 4.78 is 11.4. The molecule has 5 rings (SSSR count). The number of esters is 1. The fourth-order valence-electron chi connectivity index (χ4n) is 4.97. The lowest BCUT2D eigenvalue weighted by Gasteiger charge is -2.30. The van der Waals surface area contributed by atoms with Crippen LogP contribution in [0, 0.1) is 5.92 Å². The van der Waals surface area contributed by atoms with Crippen LogP contribution in [0.25, 0.3) is 0 Å². The van der Waals surface area contributed by atoms with Gasteiger partial charge in [0.1, 0.15) is 11.8 Å². The molecule has 1 fully saturated rings. The van der Waals surface area contributed by atoms with E-state index in [0.29, 0.717) is 31.6 Å². The van der Waals surface area contributed by atoms with Gasteiger partial charge in [0.05, 0.1) is 30.2 Å². The lowest BCUT2D eigenvalue weighted by molar-refractivity contribution is -0.135. The number of primary amides is 1. The summed E-state index contributed by atoms with van der Waals surface area (Å²) in [5, 5.41) is 12.0. The van der Waals surface area contributed by atoms with Crippen molar-refractivity contribution in [2.75, 3.05) is 19.0 Å². The number of methoxy groups -OCH3 is 1. The molecule has 13 nitrogen and oxygen atoms in total. The summed E-state index contributed by atoms with van der Waals surface area (Å²) >= 11 is 1.73. The maximum atomic E-state index is 13.3. The van der Waals surface area contributed by atoms with Crippen molar-refractivity contribution in [2.45, 2.75) is 29.7 Å².